The molecule has 14 rings (SSSR count). The fraction of sp³-hybridized carbons (Fsp3) is 0.379. The number of likely N-dealkylation sites (N-methyl/N-ethyl adjacent to an activating group) is 3. The van der Waals surface area contributed by atoms with E-state index in [9.17, 15) is 114 Å². The highest BCUT2D eigenvalue weighted by Crippen LogP contribution is 2.58. The monoisotopic (exact) mass is 1630 g/mol. The summed E-state index contributed by atoms with van der Waals surface area (Å²) < 4.78 is 5.66. The summed E-state index contributed by atoms with van der Waals surface area (Å²) in [4.78, 5) is 135. The molecule has 32 heteroatoms. The lowest BCUT2D eigenvalue weighted by molar-refractivity contribution is -0.155. The van der Waals surface area contributed by atoms with Crippen LogP contribution in [0.25, 0.3) is 28.4 Å². The van der Waals surface area contributed by atoms with Crippen LogP contribution in [0.15, 0.2) is 130 Å². The molecule has 626 valence electrons. The smallest absolute Gasteiger partial charge is 0.255 e. The number of hydrogen-bond donors (Lipinski definition) is 17. The van der Waals surface area contributed by atoms with Gasteiger partial charge in [-0.2, -0.15) is 0 Å². The van der Waals surface area contributed by atoms with E-state index in [1.165, 1.54) is 39.8 Å². The van der Waals surface area contributed by atoms with Gasteiger partial charge in [0.1, 0.15) is 74.3 Å². The van der Waals surface area contributed by atoms with Gasteiger partial charge in [-0.3, -0.25) is 62.6 Å². The maximum Gasteiger partial charge on any atom is 0.255 e. The molecule has 9 aliphatic carbocycles. The van der Waals surface area contributed by atoms with E-state index in [2.05, 4.69) is 17.2 Å². The highest BCUT2D eigenvalue weighted by Gasteiger charge is 2.68. The van der Waals surface area contributed by atoms with E-state index in [1.54, 1.807) is 98.8 Å². The standard InChI is InChI=1S/C31H35N3O8.C31H29N3O8.C25H30N2O8/c1-33(2)13-14-6-9-21(42-5)17(10-14)16-7-8-20(35)23-18(16)11-15-12-19-25(34(3)4)27(37)24(30(32)40)29(39)31(19,41)28(38)22(15)26(23)36;1-14(35)33-18-9-5-15(6-10-18)4-7-16-8-11-21(36)23-19(16)12-17-13-20-25(34(2)3)27(38)24(30(32)41)29(40)31(20,42)28(39)22(17)26(23)37;1-10(28)4-5-11-6-7-15(29)17-13(11)8-12-9-14-19(27(2)3)21(31)18(24(26)34)23(33)25(14,35)22(32)16(12)20(17)30/h6-10,15,19,25,35-36,39,41H,11-13H2,1-5H3,(H2,32,40);5-6,8-11,17,20,25,36-37,40,42H,12-13H2,1-3H3,(H2,32,41)(H,33,35);6-7,10,12,14,19,28-30,33,35H,4-5,8-9H2,1-3H3,(H2,26,34)/t15-,19-,25-,31-;17-,20-,25-,31-;10?,12-,14-,19-,25-/m000/s1. The lowest BCUT2D eigenvalue weighted by Crippen LogP contribution is -2.65. The molecule has 0 spiro atoms. The lowest BCUT2D eigenvalue weighted by atomic mass is 9.57. The van der Waals surface area contributed by atoms with Crippen molar-refractivity contribution >= 4 is 81.3 Å². The van der Waals surface area contributed by atoms with Gasteiger partial charge < -0.3 is 98.5 Å². The van der Waals surface area contributed by atoms with E-state index >= 15 is 0 Å². The number of aliphatic hydroxyl groups excluding tert-OH is 7. The number of aliphatic hydroxyl groups is 10. The SMILES string of the molecule is CC(=O)Nc1ccc(C#Cc2ccc(O)c3c2C[C@H]2C[C@H]4[C@H](N(C)C)C(=O)C(C(N)=O)=C(O)[C@@]4(O)C(=O)C2=C3O)cc1.CC(O)CCc1ccc(O)c2c1C[C@H]1C[C@H]3[C@H](N(C)C)C(=O)C(C(N)=O)=C(O)[C@@]3(O)C(=O)C1=C2O.COc1ccc(CN(C)C)cc1-c1ccc(O)c2c1C[C@H]1C[C@H]3[C@H](N(C)C)C(=O)C(C(N)=O)=C(O)[C@@]3(O)C(=O)C1=C2O. The van der Waals surface area contributed by atoms with Crippen molar-refractivity contribution in [1.82, 2.24) is 19.6 Å². The second-order valence-electron chi connectivity index (χ2n) is 32.6. The molecule has 3 saturated carbocycles. The number of Topliss-reactive ketones (excluding diaryl/α,β-unsaturated/α-hetero) is 6. The van der Waals surface area contributed by atoms with Gasteiger partial charge in [-0.05, 0) is 226 Å². The maximum absolute atomic E-state index is 14.1. The number of aromatic hydroxyl groups is 3. The Kier molecular flexibility index (Phi) is 23.0. The minimum atomic E-state index is -2.69. The molecular weight excluding hydrogens is 1540 g/mol. The van der Waals surface area contributed by atoms with Crippen LogP contribution in [-0.4, -0.2) is 249 Å². The molecular formula is C87H94N8O24. The van der Waals surface area contributed by atoms with E-state index in [1.807, 2.05) is 37.2 Å². The molecule has 0 heterocycles. The average molecular weight is 1640 g/mol. The van der Waals surface area contributed by atoms with Gasteiger partial charge in [0.15, 0.2) is 34.2 Å². The van der Waals surface area contributed by atoms with Crippen molar-refractivity contribution in [2.45, 2.75) is 113 Å². The number of methoxy groups -OCH3 is 1. The summed E-state index contributed by atoms with van der Waals surface area (Å²) in [6.07, 6.45) is 0.950. The summed E-state index contributed by atoms with van der Waals surface area (Å²) in [7, 11) is 14.8. The summed E-state index contributed by atoms with van der Waals surface area (Å²) in [5, 5.41) is 146. The van der Waals surface area contributed by atoms with E-state index in [0.717, 1.165) is 16.7 Å². The molecule has 3 fully saturated rings. The van der Waals surface area contributed by atoms with Crippen molar-refractivity contribution in [2.75, 3.05) is 68.8 Å². The molecule has 32 nitrogen and oxygen atoms in total. The van der Waals surface area contributed by atoms with Gasteiger partial charge in [-0.15, -0.1) is 0 Å². The number of anilines is 1. The molecule has 5 aromatic rings. The Balaban J connectivity index is 0.000000165. The zero-order valence-corrected chi connectivity index (χ0v) is 67.0. The Bertz CT molecular complexity index is 5540. The number of carbonyl (C=O) groups excluding carboxylic acids is 10. The molecule has 0 aromatic heterocycles. The number of rotatable bonds is 14. The number of carbonyl (C=O) groups is 10. The van der Waals surface area contributed by atoms with Crippen LogP contribution in [0, 0.1) is 47.3 Å². The molecule has 20 N–H and O–H groups in total. The minimum absolute atomic E-state index is 0.0126. The lowest BCUT2D eigenvalue weighted by Gasteiger charge is -2.50. The predicted molar refractivity (Wildman–Crippen MR) is 429 cm³/mol. The Morgan fingerprint density at radius 2 is 0.899 bits per heavy atom. The largest absolute Gasteiger partial charge is 0.508 e. The van der Waals surface area contributed by atoms with Gasteiger partial charge in [0.2, 0.25) is 23.3 Å². The van der Waals surface area contributed by atoms with Crippen molar-refractivity contribution in [2.24, 2.45) is 52.7 Å². The topological polar surface area (TPSA) is 546 Å². The first kappa shape index (κ1) is 86.0. The van der Waals surface area contributed by atoms with Crippen molar-refractivity contribution in [3.05, 3.63) is 185 Å². The molecule has 1 unspecified atom stereocenters. The quantitative estimate of drug-likeness (QED) is 0.0560. The van der Waals surface area contributed by atoms with Crippen LogP contribution in [0.2, 0.25) is 0 Å². The van der Waals surface area contributed by atoms with Gasteiger partial charge >= 0.3 is 0 Å². The predicted octanol–water partition coefficient (Wildman–Crippen LogP) is 3.30. The number of nitrogens with one attached hydrogen (secondary N) is 1. The minimum Gasteiger partial charge on any atom is -0.508 e. The van der Waals surface area contributed by atoms with Crippen LogP contribution in [0.3, 0.4) is 0 Å². The highest BCUT2D eigenvalue weighted by molar-refractivity contribution is 6.27. The first-order chi connectivity index (χ1) is 55.8. The van der Waals surface area contributed by atoms with Gasteiger partial charge in [0.05, 0.1) is 48.0 Å². The third-order valence-electron chi connectivity index (χ3n) is 24.3. The molecule has 9 aliphatic rings. The van der Waals surface area contributed by atoms with Gasteiger partial charge in [-0.25, -0.2) is 0 Å². The van der Waals surface area contributed by atoms with Gasteiger partial charge in [-0.1, -0.05) is 30.0 Å². The zero-order valence-electron chi connectivity index (χ0n) is 67.0. The van der Waals surface area contributed by atoms with Crippen LogP contribution in [0.4, 0.5) is 5.69 Å². The van der Waals surface area contributed by atoms with E-state index < -0.39 is 180 Å². The second kappa shape index (κ2) is 31.9. The number of phenols is 3. The number of amides is 4. The average Bonchev–Trinajstić information content (AvgIpc) is 0.707. The van der Waals surface area contributed by atoms with Crippen molar-refractivity contribution in [1.29, 1.82) is 0 Å². The number of ether oxygens (including phenoxy) is 1. The molecule has 5 aromatic carbocycles. The van der Waals surface area contributed by atoms with Crippen LogP contribution in [0.1, 0.15) is 95.2 Å². The van der Waals surface area contributed by atoms with E-state index in [-0.39, 0.29) is 95.1 Å². The van der Waals surface area contributed by atoms with E-state index in [0.29, 0.717) is 64.2 Å². The fourth-order valence-corrected chi connectivity index (χ4v) is 19.2. The molecule has 0 saturated heterocycles. The number of hydrogen-bond acceptors (Lipinski definition) is 28. The fourth-order valence-electron chi connectivity index (χ4n) is 19.2. The Hall–Kier alpha value is -12.3. The number of ketones is 6. The summed E-state index contributed by atoms with van der Waals surface area (Å²) >= 11 is 0. The van der Waals surface area contributed by atoms with Crippen LogP contribution >= 0.6 is 0 Å². The summed E-state index contributed by atoms with van der Waals surface area (Å²) in [6.45, 7) is 3.72. The first-order valence-corrected chi connectivity index (χ1v) is 38.2. The van der Waals surface area contributed by atoms with E-state index in [4.69, 9.17) is 21.9 Å². The molecule has 0 bridgehead atoms. The molecule has 0 aliphatic heterocycles. The number of nitrogens with zero attached hydrogens (tertiary/aromatic N) is 4. The molecule has 13 atom stereocenters. The molecule has 119 heavy (non-hydrogen) atoms. The van der Waals surface area contributed by atoms with Crippen molar-refractivity contribution < 1.29 is 119 Å². The summed E-state index contributed by atoms with van der Waals surface area (Å²) in [6, 6.07) is 18.4. The van der Waals surface area contributed by atoms with Crippen LogP contribution in [-0.2, 0) is 80.2 Å². The molecule has 4 amide bonds. The van der Waals surface area contributed by atoms with Gasteiger partial charge in [0.25, 0.3) is 17.7 Å². The maximum atomic E-state index is 14.1. The number of fused-ring (bicyclic) bond motifs is 9. The third kappa shape index (κ3) is 14.1. The second-order valence-corrected chi connectivity index (χ2v) is 32.6. The van der Waals surface area contributed by atoms with Crippen molar-refractivity contribution in [3.63, 3.8) is 0 Å². The van der Waals surface area contributed by atoms with Crippen LogP contribution in [0.5, 0.6) is 23.0 Å². The number of aryl methyl sites for hydroxylation is 1. The third-order valence-corrected chi connectivity index (χ3v) is 24.3. The Morgan fingerprint density at radius 1 is 0.513 bits per heavy atom. The normalized spacial score (nSPS) is 26.3. The number of primary amides is 3. The Morgan fingerprint density at radius 3 is 1.29 bits per heavy atom. The highest BCUT2D eigenvalue weighted by atomic mass is 16.5. The number of phenolic OH excluding ortho intramolecular Hbond substituents is 3. The first-order valence-electron chi connectivity index (χ1n) is 38.2. The van der Waals surface area contributed by atoms with Crippen molar-refractivity contribution in [3.8, 4) is 46.0 Å². The van der Waals surface area contributed by atoms with Gasteiger partial charge in [0, 0.05) is 70.3 Å². The van der Waals surface area contributed by atoms with Crippen LogP contribution < -0.4 is 27.3 Å². The summed E-state index contributed by atoms with van der Waals surface area (Å²) in [5.74, 6) is -14.2. The Labute approximate surface area is 682 Å². The molecule has 0 radical (unpaired) electrons. The number of benzene rings is 5. The zero-order chi connectivity index (χ0) is 87.5. The summed E-state index contributed by atoms with van der Waals surface area (Å²) in [5.41, 5.74) is 11.6. The number of nitrogens with two attached hydrogens (primary N) is 3.